The van der Waals surface area contributed by atoms with Crippen LogP contribution in [0.4, 0.5) is 20.2 Å². The monoisotopic (exact) mass is 509 g/mol. The average Bonchev–Trinajstić information content (AvgIpc) is 3.09. The van der Waals surface area contributed by atoms with Gasteiger partial charge in [0, 0.05) is 23.9 Å². The highest BCUT2D eigenvalue weighted by Crippen LogP contribution is 2.34. The minimum atomic E-state index is -2.50. The largest absolute Gasteiger partial charge is 0.497 e. The van der Waals surface area contributed by atoms with E-state index in [0.717, 1.165) is 6.42 Å². The number of hydrogen-bond acceptors (Lipinski definition) is 7. The van der Waals surface area contributed by atoms with E-state index in [0.29, 0.717) is 51.2 Å². The number of methoxy groups -OCH3 is 2. The summed E-state index contributed by atoms with van der Waals surface area (Å²) in [5, 5.41) is 2.64. The molecule has 2 amide bonds. The Morgan fingerprint density at radius 3 is 2.56 bits per heavy atom. The van der Waals surface area contributed by atoms with Crippen LogP contribution in [-0.4, -0.2) is 53.7 Å². The smallest absolute Gasteiger partial charge is 0.288 e. The third-order valence-electron chi connectivity index (χ3n) is 4.81. The fourth-order valence-corrected chi connectivity index (χ4v) is 4.93. The maximum absolute atomic E-state index is 13.0. The molecule has 7 nitrogen and oxygen atoms in total. The number of rotatable bonds is 10. The Morgan fingerprint density at radius 2 is 1.94 bits per heavy atom. The van der Waals surface area contributed by atoms with Crippen molar-refractivity contribution in [3.05, 3.63) is 42.5 Å². The van der Waals surface area contributed by atoms with Crippen molar-refractivity contribution in [2.45, 2.75) is 35.7 Å². The van der Waals surface area contributed by atoms with E-state index < -0.39 is 11.0 Å². The first-order chi connectivity index (χ1) is 16.3. The van der Waals surface area contributed by atoms with Gasteiger partial charge >= 0.3 is 0 Å². The number of thioether (sulfide) groups is 2. The van der Waals surface area contributed by atoms with Crippen molar-refractivity contribution in [1.82, 2.24) is 4.90 Å². The first-order valence-corrected chi connectivity index (χ1v) is 12.2. The van der Waals surface area contributed by atoms with Crippen molar-refractivity contribution >= 4 is 51.9 Å². The molecule has 0 aromatic heterocycles. The molecule has 1 fully saturated rings. The minimum absolute atomic E-state index is 0.0485. The molecule has 0 aliphatic carbocycles. The van der Waals surface area contributed by atoms with Gasteiger partial charge in [-0.25, -0.2) is 4.99 Å². The third-order valence-corrected chi connectivity index (χ3v) is 6.70. The van der Waals surface area contributed by atoms with Gasteiger partial charge in [-0.05, 0) is 42.8 Å². The van der Waals surface area contributed by atoms with Crippen molar-refractivity contribution in [1.29, 1.82) is 0 Å². The Labute approximate surface area is 205 Å². The normalized spacial score (nSPS) is 16.9. The Hall–Kier alpha value is -2.79. The number of amides is 2. The van der Waals surface area contributed by atoms with Crippen LogP contribution in [0.5, 0.6) is 11.5 Å². The topological polar surface area (TPSA) is 80.2 Å². The first-order valence-electron chi connectivity index (χ1n) is 10.5. The van der Waals surface area contributed by atoms with Crippen LogP contribution in [-0.2, 0) is 9.59 Å². The quantitative estimate of drug-likeness (QED) is 0.433. The summed E-state index contributed by atoms with van der Waals surface area (Å²) in [5.41, 5.74) is 0.990. The van der Waals surface area contributed by atoms with Gasteiger partial charge in [-0.1, -0.05) is 30.4 Å². The van der Waals surface area contributed by atoms with Crippen LogP contribution in [0.3, 0.4) is 0 Å². The molecule has 0 unspecified atom stereocenters. The average molecular weight is 510 g/mol. The lowest BCUT2D eigenvalue weighted by Crippen LogP contribution is -2.34. The van der Waals surface area contributed by atoms with Gasteiger partial charge in [0.05, 0.1) is 25.6 Å². The number of carbonyl (C=O) groups excluding carboxylic acids is 2. The van der Waals surface area contributed by atoms with Crippen LogP contribution >= 0.6 is 23.5 Å². The molecule has 1 N–H and O–H groups in total. The van der Waals surface area contributed by atoms with Crippen molar-refractivity contribution < 1.29 is 27.8 Å². The zero-order chi connectivity index (χ0) is 24.7. The van der Waals surface area contributed by atoms with E-state index in [2.05, 4.69) is 10.3 Å². The predicted molar refractivity (Wildman–Crippen MR) is 132 cm³/mol. The summed E-state index contributed by atoms with van der Waals surface area (Å²) in [6.07, 6.45) is 0.669. The van der Waals surface area contributed by atoms with Gasteiger partial charge < -0.3 is 14.8 Å². The fraction of sp³-hybridized carbons (Fsp3) is 0.348. The SMILES string of the molecule is CCCN1C(=O)[C@H](CC(=O)Nc2cc(OC)ccc2OC)SC1=Nc1ccc(SC(F)F)cc1. The van der Waals surface area contributed by atoms with Crippen LogP contribution in [0.1, 0.15) is 19.8 Å². The van der Waals surface area contributed by atoms with E-state index in [9.17, 15) is 18.4 Å². The maximum atomic E-state index is 13.0. The van der Waals surface area contributed by atoms with Crippen molar-refractivity contribution in [2.75, 3.05) is 26.1 Å². The fourth-order valence-electron chi connectivity index (χ4n) is 3.25. The molecule has 3 rings (SSSR count). The van der Waals surface area contributed by atoms with E-state index >= 15 is 0 Å². The van der Waals surface area contributed by atoms with Crippen molar-refractivity contribution in [3.8, 4) is 11.5 Å². The number of carbonyl (C=O) groups is 2. The number of amidine groups is 1. The molecule has 1 heterocycles. The number of ether oxygens (including phenoxy) is 2. The number of benzene rings is 2. The molecule has 0 radical (unpaired) electrons. The van der Waals surface area contributed by atoms with Gasteiger partial charge in [0.2, 0.25) is 11.8 Å². The van der Waals surface area contributed by atoms with Crippen LogP contribution in [0.2, 0.25) is 0 Å². The summed E-state index contributed by atoms with van der Waals surface area (Å²) >= 11 is 1.68. The number of halogens is 2. The van der Waals surface area contributed by atoms with Crippen molar-refractivity contribution in [3.63, 3.8) is 0 Å². The van der Waals surface area contributed by atoms with Crippen LogP contribution < -0.4 is 14.8 Å². The molecule has 1 atom stereocenters. The number of nitrogens with zero attached hydrogens (tertiary/aromatic N) is 2. The Bertz CT molecular complexity index is 1050. The molecular formula is C23H25F2N3O4S2. The van der Waals surface area contributed by atoms with Gasteiger partial charge in [-0.15, -0.1) is 0 Å². The maximum Gasteiger partial charge on any atom is 0.288 e. The zero-order valence-electron chi connectivity index (χ0n) is 18.9. The molecule has 2 aromatic rings. The second-order valence-corrected chi connectivity index (χ2v) is 9.42. The lowest BCUT2D eigenvalue weighted by Gasteiger charge is -2.15. The van der Waals surface area contributed by atoms with E-state index in [-0.39, 0.29) is 18.2 Å². The molecule has 34 heavy (non-hydrogen) atoms. The summed E-state index contributed by atoms with van der Waals surface area (Å²) in [4.78, 5) is 32.3. The van der Waals surface area contributed by atoms with Gasteiger partial charge in [0.15, 0.2) is 5.17 Å². The summed E-state index contributed by atoms with van der Waals surface area (Å²) in [5.74, 6) is -2.00. The van der Waals surface area contributed by atoms with Crippen LogP contribution in [0, 0.1) is 0 Å². The Morgan fingerprint density at radius 1 is 1.21 bits per heavy atom. The van der Waals surface area contributed by atoms with Gasteiger partial charge in [0.1, 0.15) is 16.7 Å². The van der Waals surface area contributed by atoms with Crippen molar-refractivity contribution in [2.24, 2.45) is 4.99 Å². The third kappa shape index (κ3) is 6.63. The second kappa shape index (κ2) is 12.1. The van der Waals surface area contributed by atoms with E-state index in [1.54, 1.807) is 47.4 Å². The molecule has 1 saturated heterocycles. The summed E-state index contributed by atoms with van der Waals surface area (Å²) < 4.78 is 35.6. The van der Waals surface area contributed by atoms with Gasteiger partial charge in [-0.2, -0.15) is 8.78 Å². The number of hydrogen-bond donors (Lipinski definition) is 1. The van der Waals surface area contributed by atoms with E-state index in [4.69, 9.17) is 9.47 Å². The molecule has 182 valence electrons. The Kier molecular flexibility index (Phi) is 9.17. The highest BCUT2D eigenvalue weighted by Gasteiger charge is 2.38. The lowest BCUT2D eigenvalue weighted by molar-refractivity contribution is -0.128. The lowest BCUT2D eigenvalue weighted by atomic mass is 10.2. The first kappa shape index (κ1) is 25.8. The highest BCUT2D eigenvalue weighted by molar-refractivity contribution is 8.15. The molecular weight excluding hydrogens is 484 g/mol. The predicted octanol–water partition coefficient (Wildman–Crippen LogP) is 5.39. The summed E-state index contributed by atoms with van der Waals surface area (Å²) in [7, 11) is 3.02. The molecule has 0 bridgehead atoms. The molecule has 0 spiro atoms. The molecule has 11 heteroatoms. The highest BCUT2D eigenvalue weighted by atomic mass is 32.2. The number of anilines is 1. The second-order valence-electron chi connectivity index (χ2n) is 7.18. The van der Waals surface area contributed by atoms with E-state index in [1.807, 2.05) is 6.92 Å². The van der Waals surface area contributed by atoms with Gasteiger partial charge in [0.25, 0.3) is 5.76 Å². The summed E-state index contributed by atoms with van der Waals surface area (Å²) in [6.45, 7) is 2.41. The molecule has 1 aliphatic rings. The van der Waals surface area contributed by atoms with E-state index in [1.165, 1.54) is 26.0 Å². The molecule has 2 aromatic carbocycles. The Balaban J connectivity index is 1.73. The summed E-state index contributed by atoms with van der Waals surface area (Å²) in [6, 6.07) is 11.4. The van der Waals surface area contributed by atoms with Gasteiger partial charge in [-0.3, -0.25) is 14.5 Å². The zero-order valence-corrected chi connectivity index (χ0v) is 20.6. The minimum Gasteiger partial charge on any atom is -0.497 e. The standard InChI is InChI=1S/C23H25F2N3O4S2/c1-4-11-28-21(30)19(13-20(29)27-17-12-15(31-2)7-10-18(17)32-3)34-23(28)26-14-5-8-16(9-6-14)33-22(24)25/h5-10,12,19,22H,4,11,13H2,1-3H3,(H,27,29)/t19-/m0/s1. The number of alkyl halides is 2. The number of nitrogens with one attached hydrogen (secondary N) is 1. The van der Waals surface area contributed by atoms with Crippen LogP contribution in [0.25, 0.3) is 0 Å². The van der Waals surface area contributed by atoms with Crippen LogP contribution in [0.15, 0.2) is 52.4 Å². The molecule has 1 aliphatic heterocycles. The number of aliphatic imine (C=N–C) groups is 1. The molecule has 0 saturated carbocycles.